The van der Waals surface area contributed by atoms with Crippen molar-refractivity contribution in [1.29, 1.82) is 0 Å². The molecule has 0 fully saturated rings. The first-order chi connectivity index (χ1) is 9.91. The normalized spacial score (nSPS) is 11.8. The molecule has 3 N–H and O–H groups in total. The number of nitrogens with one attached hydrogen (secondary N) is 1. The standard InChI is InChI=1S/C13H18N4O3S/c1-10-4-3-5-11(8-10)20-7-6-17(2)21(18,19)12-9-15-16-13(12)14/h3-5,8-9H,6-7H2,1-2H3,(H3,14,15,16). The summed E-state index contributed by atoms with van der Waals surface area (Å²) < 4.78 is 31.2. The monoisotopic (exact) mass is 310 g/mol. The molecule has 21 heavy (non-hydrogen) atoms. The summed E-state index contributed by atoms with van der Waals surface area (Å²) in [6, 6.07) is 7.57. The SMILES string of the molecule is Cc1cccc(OCCN(C)S(=O)(=O)c2cn[nH]c2N)c1. The van der Waals surface area contributed by atoms with Gasteiger partial charge in [-0.25, -0.2) is 8.42 Å². The first-order valence-corrected chi connectivity index (χ1v) is 7.80. The average molecular weight is 310 g/mol. The van der Waals surface area contributed by atoms with Gasteiger partial charge in [-0.2, -0.15) is 9.40 Å². The Morgan fingerprint density at radius 1 is 1.43 bits per heavy atom. The molecular weight excluding hydrogens is 292 g/mol. The number of ether oxygens (including phenoxy) is 1. The molecule has 2 rings (SSSR count). The topological polar surface area (TPSA) is 101 Å². The largest absolute Gasteiger partial charge is 0.492 e. The minimum atomic E-state index is -3.65. The maximum Gasteiger partial charge on any atom is 0.248 e. The highest BCUT2D eigenvalue weighted by Gasteiger charge is 2.24. The number of benzene rings is 1. The summed E-state index contributed by atoms with van der Waals surface area (Å²) in [6.45, 7) is 2.42. The van der Waals surface area contributed by atoms with Crippen LogP contribution in [0.5, 0.6) is 5.75 Å². The highest BCUT2D eigenvalue weighted by atomic mass is 32.2. The number of sulfonamides is 1. The predicted molar refractivity (Wildman–Crippen MR) is 79.5 cm³/mol. The molecule has 114 valence electrons. The molecule has 1 aromatic heterocycles. The number of aromatic amines is 1. The van der Waals surface area contributed by atoms with Crippen LogP contribution in [0, 0.1) is 6.92 Å². The summed E-state index contributed by atoms with van der Waals surface area (Å²) in [5.74, 6) is 0.741. The lowest BCUT2D eigenvalue weighted by molar-refractivity contribution is 0.287. The van der Waals surface area contributed by atoms with E-state index < -0.39 is 10.0 Å². The minimum Gasteiger partial charge on any atom is -0.492 e. The van der Waals surface area contributed by atoms with E-state index in [-0.39, 0.29) is 23.9 Å². The van der Waals surface area contributed by atoms with Crippen molar-refractivity contribution in [3.05, 3.63) is 36.0 Å². The third kappa shape index (κ3) is 3.53. The Labute approximate surface area is 123 Å². The first kappa shape index (κ1) is 15.3. The molecule has 0 unspecified atom stereocenters. The van der Waals surface area contributed by atoms with Crippen molar-refractivity contribution in [3.8, 4) is 5.75 Å². The summed E-state index contributed by atoms with van der Waals surface area (Å²) in [4.78, 5) is -0.0273. The van der Waals surface area contributed by atoms with Gasteiger partial charge in [0.15, 0.2) is 0 Å². The number of H-pyrrole nitrogens is 1. The van der Waals surface area contributed by atoms with E-state index in [1.165, 1.54) is 17.5 Å². The molecule has 1 heterocycles. The lowest BCUT2D eigenvalue weighted by atomic mass is 10.2. The second-order valence-electron chi connectivity index (χ2n) is 4.64. The molecule has 2 aromatic rings. The fourth-order valence-electron chi connectivity index (χ4n) is 1.78. The lowest BCUT2D eigenvalue weighted by Gasteiger charge is -2.16. The van der Waals surface area contributed by atoms with Crippen molar-refractivity contribution in [3.63, 3.8) is 0 Å². The maximum absolute atomic E-state index is 12.2. The van der Waals surface area contributed by atoms with Crippen LogP contribution in [0.2, 0.25) is 0 Å². The van der Waals surface area contributed by atoms with E-state index in [4.69, 9.17) is 10.5 Å². The third-order valence-corrected chi connectivity index (χ3v) is 4.87. The first-order valence-electron chi connectivity index (χ1n) is 6.36. The molecule has 7 nitrogen and oxygen atoms in total. The average Bonchev–Trinajstić information content (AvgIpc) is 2.85. The van der Waals surface area contributed by atoms with Crippen molar-refractivity contribution >= 4 is 15.8 Å². The zero-order chi connectivity index (χ0) is 15.5. The van der Waals surface area contributed by atoms with E-state index in [0.29, 0.717) is 5.75 Å². The second-order valence-corrected chi connectivity index (χ2v) is 6.65. The Bertz CT molecular complexity index is 712. The molecule has 0 bridgehead atoms. The molecule has 8 heteroatoms. The molecular formula is C13H18N4O3S. The van der Waals surface area contributed by atoms with Crippen molar-refractivity contribution in [2.24, 2.45) is 0 Å². The van der Waals surface area contributed by atoms with Crippen LogP contribution >= 0.6 is 0 Å². The Hall–Kier alpha value is -2.06. The number of aryl methyl sites for hydroxylation is 1. The van der Waals surface area contributed by atoms with Crippen LogP contribution in [0.15, 0.2) is 35.4 Å². The van der Waals surface area contributed by atoms with Crippen molar-refractivity contribution in [2.45, 2.75) is 11.8 Å². The molecule has 0 aliphatic heterocycles. The van der Waals surface area contributed by atoms with E-state index >= 15 is 0 Å². The van der Waals surface area contributed by atoms with E-state index in [1.54, 1.807) is 0 Å². The van der Waals surface area contributed by atoms with Gasteiger partial charge < -0.3 is 10.5 Å². The third-order valence-electron chi connectivity index (χ3n) is 2.98. The summed E-state index contributed by atoms with van der Waals surface area (Å²) in [5, 5.41) is 6.03. The number of likely N-dealkylation sites (N-methyl/N-ethyl adjacent to an activating group) is 1. The number of aromatic nitrogens is 2. The van der Waals surface area contributed by atoms with Crippen LogP contribution in [0.1, 0.15) is 5.56 Å². The van der Waals surface area contributed by atoms with Crippen LogP contribution in [0.4, 0.5) is 5.82 Å². The molecule has 0 radical (unpaired) electrons. The van der Waals surface area contributed by atoms with Gasteiger partial charge in [0.1, 0.15) is 23.1 Å². The summed E-state index contributed by atoms with van der Waals surface area (Å²) >= 11 is 0. The Kier molecular flexibility index (Phi) is 4.49. The molecule has 0 spiro atoms. The van der Waals surface area contributed by atoms with E-state index in [1.807, 2.05) is 31.2 Å². The van der Waals surface area contributed by atoms with Gasteiger partial charge in [-0.15, -0.1) is 0 Å². The number of nitrogen functional groups attached to an aromatic ring is 1. The van der Waals surface area contributed by atoms with Crippen LogP contribution in [-0.2, 0) is 10.0 Å². The number of anilines is 1. The molecule has 0 saturated heterocycles. The van der Waals surface area contributed by atoms with Crippen molar-refractivity contribution in [1.82, 2.24) is 14.5 Å². The van der Waals surface area contributed by atoms with Crippen molar-refractivity contribution in [2.75, 3.05) is 25.9 Å². The van der Waals surface area contributed by atoms with E-state index in [2.05, 4.69) is 10.2 Å². The smallest absolute Gasteiger partial charge is 0.248 e. The zero-order valence-electron chi connectivity index (χ0n) is 11.9. The summed E-state index contributed by atoms with van der Waals surface area (Å²) in [7, 11) is -2.18. The highest BCUT2D eigenvalue weighted by molar-refractivity contribution is 7.89. The molecule has 0 saturated carbocycles. The highest BCUT2D eigenvalue weighted by Crippen LogP contribution is 2.18. The molecule has 0 amide bonds. The van der Waals surface area contributed by atoms with Gasteiger partial charge >= 0.3 is 0 Å². The quantitative estimate of drug-likeness (QED) is 0.829. The summed E-state index contributed by atoms with van der Waals surface area (Å²) in [6.07, 6.45) is 1.20. The van der Waals surface area contributed by atoms with Gasteiger partial charge in [-0.3, -0.25) is 5.10 Å². The van der Waals surface area contributed by atoms with Crippen LogP contribution < -0.4 is 10.5 Å². The van der Waals surface area contributed by atoms with Crippen LogP contribution in [0.3, 0.4) is 0 Å². The lowest BCUT2D eigenvalue weighted by Crippen LogP contribution is -2.31. The van der Waals surface area contributed by atoms with Crippen LogP contribution in [-0.4, -0.2) is 43.1 Å². The number of hydrogen-bond acceptors (Lipinski definition) is 5. The number of rotatable bonds is 6. The Morgan fingerprint density at radius 2 is 2.19 bits per heavy atom. The van der Waals surface area contributed by atoms with Crippen molar-refractivity contribution < 1.29 is 13.2 Å². The van der Waals surface area contributed by atoms with Gasteiger partial charge in [-0.05, 0) is 24.6 Å². The summed E-state index contributed by atoms with van der Waals surface area (Å²) in [5.41, 5.74) is 6.63. The van der Waals surface area contributed by atoms with Gasteiger partial charge in [0.2, 0.25) is 10.0 Å². The fraction of sp³-hybridized carbons (Fsp3) is 0.308. The molecule has 0 aliphatic carbocycles. The predicted octanol–water partition coefficient (Wildman–Crippen LogP) is 1.000. The number of nitrogens with zero attached hydrogens (tertiary/aromatic N) is 2. The van der Waals surface area contributed by atoms with Gasteiger partial charge in [0.05, 0.1) is 6.20 Å². The number of nitrogens with two attached hydrogens (primary N) is 1. The number of hydrogen-bond donors (Lipinski definition) is 2. The van der Waals surface area contributed by atoms with Crippen LogP contribution in [0.25, 0.3) is 0 Å². The Balaban J connectivity index is 1.96. The van der Waals surface area contributed by atoms with Gasteiger partial charge in [0.25, 0.3) is 0 Å². The molecule has 1 aromatic carbocycles. The van der Waals surface area contributed by atoms with Gasteiger partial charge in [0, 0.05) is 13.6 Å². The second kappa shape index (κ2) is 6.15. The van der Waals surface area contributed by atoms with E-state index in [0.717, 1.165) is 5.56 Å². The zero-order valence-corrected chi connectivity index (χ0v) is 12.7. The fourth-order valence-corrected chi connectivity index (χ4v) is 2.94. The molecule has 0 aliphatic rings. The van der Waals surface area contributed by atoms with E-state index in [9.17, 15) is 8.42 Å². The minimum absolute atomic E-state index is 0.0273. The van der Waals surface area contributed by atoms with Gasteiger partial charge in [-0.1, -0.05) is 12.1 Å². The maximum atomic E-state index is 12.2. The molecule has 0 atom stereocenters. The Morgan fingerprint density at radius 3 is 2.81 bits per heavy atom.